The Hall–Kier alpha value is -2.08. The van der Waals surface area contributed by atoms with Crippen molar-refractivity contribution in [2.24, 2.45) is 0 Å². The first kappa shape index (κ1) is 15.3. The van der Waals surface area contributed by atoms with Gasteiger partial charge in [0.1, 0.15) is 16.9 Å². The van der Waals surface area contributed by atoms with Crippen LogP contribution in [0.25, 0.3) is 0 Å². The Bertz CT molecular complexity index is 768. The Morgan fingerprint density at radius 2 is 1.62 bits per heavy atom. The summed E-state index contributed by atoms with van der Waals surface area (Å²) in [4.78, 5) is 11.9. The van der Waals surface area contributed by atoms with E-state index < -0.39 is 32.5 Å². The number of carbonyl (C=O) groups excluding carboxylic acids is 1. The first-order valence-corrected chi connectivity index (χ1v) is 7.66. The molecule has 1 unspecified atom stereocenters. The van der Waals surface area contributed by atoms with E-state index in [1.807, 2.05) is 0 Å². The van der Waals surface area contributed by atoms with Gasteiger partial charge in [0, 0.05) is 5.56 Å². The molecule has 0 aliphatic heterocycles. The lowest BCUT2D eigenvalue weighted by molar-refractivity contribution is 0.0991. The second kappa shape index (κ2) is 5.73. The van der Waals surface area contributed by atoms with E-state index in [4.69, 9.17) is 0 Å². The molecule has 1 atom stereocenters. The molecule has 0 N–H and O–H groups in total. The van der Waals surface area contributed by atoms with Gasteiger partial charge in [-0.05, 0) is 49.4 Å². The summed E-state index contributed by atoms with van der Waals surface area (Å²) in [6, 6.07) is 9.06. The first-order chi connectivity index (χ1) is 9.82. The number of sulfone groups is 1. The van der Waals surface area contributed by atoms with Crippen LogP contribution in [0.1, 0.15) is 17.3 Å². The van der Waals surface area contributed by atoms with Crippen molar-refractivity contribution >= 4 is 15.6 Å². The molecule has 0 bridgehead atoms. The molecule has 0 aliphatic rings. The third-order valence-corrected chi connectivity index (χ3v) is 5.14. The van der Waals surface area contributed by atoms with Gasteiger partial charge >= 0.3 is 0 Å². The standard InChI is InChI=1S/C15H12F2O3S/c1-10(15(18)11-5-7-12(16)8-6-11)21(19,20)14-4-2-3-13(17)9-14/h2-10H,1H3. The first-order valence-electron chi connectivity index (χ1n) is 6.11. The number of rotatable bonds is 4. The predicted octanol–water partition coefficient (Wildman–Crippen LogP) is 3.01. The van der Waals surface area contributed by atoms with Gasteiger partial charge in [-0.3, -0.25) is 4.79 Å². The van der Waals surface area contributed by atoms with Gasteiger partial charge in [0.15, 0.2) is 15.6 Å². The van der Waals surface area contributed by atoms with E-state index >= 15 is 0 Å². The maximum atomic E-state index is 13.1. The summed E-state index contributed by atoms with van der Waals surface area (Å²) in [5.41, 5.74) is 0.0869. The van der Waals surface area contributed by atoms with Gasteiger partial charge < -0.3 is 0 Å². The molecule has 0 fully saturated rings. The summed E-state index contributed by atoms with van der Waals surface area (Å²) in [7, 11) is -4.00. The van der Waals surface area contributed by atoms with Crippen molar-refractivity contribution in [3.8, 4) is 0 Å². The van der Waals surface area contributed by atoms with Crippen LogP contribution in [-0.2, 0) is 9.84 Å². The average Bonchev–Trinajstić information content (AvgIpc) is 2.46. The number of benzene rings is 2. The quantitative estimate of drug-likeness (QED) is 0.816. The summed E-state index contributed by atoms with van der Waals surface area (Å²) in [6.07, 6.45) is 0. The van der Waals surface area contributed by atoms with Crippen molar-refractivity contribution in [2.75, 3.05) is 0 Å². The van der Waals surface area contributed by atoms with E-state index in [2.05, 4.69) is 0 Å². The van der Waals surface area contributed by atoms with Crippen LogP contribution in [0, 0.1) is 11.6 Å². The maximum Gasteiger partial charge on any atom is 0.188 e. The Balaban J connectivity index is 2.36. The molecular formula is C15H12F2O3S. The Kier molecular flexibility index (Phi) is 4.18. The summed E-state index contributed by atoms with van der Waals surface area (Å²) < 4.78 is 50.6. The molecular weight excluding hydrogens is 298 g/mol. The number of hydrogen-bond acceptors (Lipinski definition) is 3. The number of Topliss-reactive ketones (excluding diaryl/α,β-unsaturated/α-hetero) is 1. The summed E-state index contributed by atoms with van der Waals surface area (Å²) in [6.45, 7) is 1.23. The van der Waals surface area contributed by atoms with Gasteiger partial charge in [0.05, 0.1) is 4.90 Å². The Morgan fingerprint density at radius 3 is 2.19 bits per heavy atom. The lowest BCUT2D eigenvalue weighted by Gasteiger charge is -2.12. The van der Waals surface area contributed by atoms with E-state index in [9.17, 15) is 22.0 Å². The van der Waals surface area contributed by atoms with Gasteiger partial charge in [-0.2, -0.15) is 0 Å². The molecule has 6 heteroatoms. The van der Waals surface area contributed by atoms with Crippen LogP contribution in [0.15, 0.2) is 53.4 Å². The molecule has 21 heavy (non-hydrogen) atoms. The fourth-order valence-electron chi connectivity index (χ4n) is 1.84. The van der Waals surface area contributed by atoms with Crippen molar-refractivity contribution < 1.29 is 22.0 Å². The van der Waals surface area contributed by atoms with Gasteiger partial charge in [-0.15, -0.1) is 0 Å². The normalized spacial score (nSPS) is 12.9. The lowest BCUT2D eigenvalue weighted by atomic mass is 10.1. The molecule has 0 amide bonds. The van der Waals surface area contributed by atoms with Crippen LogP contribution in [0.4, 0.5) is 8.78 Å². The van der Waals surface area contributed by atoms with Crippen LogP contribution >= 0.6 is 0 Å². The van der Waals surface area contributed by atoms with E-state index in [-0.39, 0.29) is 10.5 Å². The minimum absolute atomic E-state index is 0.0869. The molecule has 2 rings (SSSR count). The van der Waals surface area contributed by atoms with Crippen molar-refractivity contribution in [3.05, 3.63) is 65.7 Å². The van der Waals surface area contributed by atoms with Crippen LogP contribution < -0.4 is 0 Å². The highest BCUT2D eigenvalue weighted by atomic mass is 32.2. The minimum Gasteiger partial charge on any atom is -0.293 e. The molecule has 110 valence electrons. The highest BCUT2D eigenvalue weighted by Crippen LogP contribution is 2.20. The number of carbonyl (C=O) groups is 1. The molecule has 0 aliphatic carbocycles. The molecule has 3 nitrogen and oxygen atoms in total. The molecule has 0 spiro atoms. The zero-order valence-electron chi connectivity index (χ0n) is 11.1. The molecule has 2 aromatic carbocycles. The van der Waals surface area contributed by atoms with Crippen molar-refractivity contribution in [3.63, 3.8) is 0 Å². The monoisotopic (exact) mass is 310 g/mol. The Morgan fingerprint density at radius 1 is 1.00 bits per heavy atom. The zero-order chi connectivity index (χ0) is 15.6. The van der Waals surface area contributed by atoms with Crippen molar-refractivity contribution in [2.45, 2.75) is 17.1 Å². The third kappa shape index (κ3) is 3.16. The fraction of sp³-hybridized carbons (Fsp3) is 0.133. The molecule has 0 aromatic heterocycles. The van der Waals surface area contributed by atoms with Crippen LogP contribution in [-0.4, -0.2) is 19.5 Å². The third-order valence-electron chi connectivity index (χ3n) is 3.09. The SMILES string of the molecule is CC(C(=O)c1ccc(F)cc1)S(=O)(=O)c1cccc(F)c1. The average molecular weight is 310 g/mol. The van der Waals surface area contributed by atoms with Crippen LogP contribution in [0.5, 0.6) is 0 Å². The molecule has 0 heterocycles. The highest BCUT2D eigenvalue weighted by molar-refractivity contribution is 7.92. The van der Waals surface area contributed by atoms with Crippen LogP contribution in [0.2, 0.25) is 0 Å². The summed E-state index contributed by atoms with van der Waals surface area (Å²) >= 11 is 0. The molecule has 2 aromatic rings. The second-order valence-corrected chi connectivity index (χ2v) is 6.78. The number of ketones is 1. The summed E-state index contributed by atoms with van der Waals surface area (Å²) in [5, 5.41) is -1.38. The predicted molar refractivity (Wildman–Crippen MR) is 73.8 cm³/mol. The molecule has 0 saturated carbocycles. The number of hydrogen-bond donors (Lipinski definition) is 0. The topological polar surface area (TPSA) is 51.2 Å². The van der Waals surface area contributed by atoms with Gasteiger partial charge in [0.2, 0.25) is 0 Å². The highest BCUT2D eigenvalue weighted by Gasteiger charge is 2.30. The van der Waals surface area contributed by atoms with Crippen LogP contribution in [0.3, 0.4) is 0 Å². The molecule has 0 radical (unpaired) electrons. The van der Waals surface area contributed by atoms with E-state index in [0.29, 0.717) is 0 Å². The lowest BCUT2D eigenvalue weighted by Crippen LogP contribution is -2.27. The smallest absolute Gasteiger partial charge is 0.188 e. The van der Waals surface area contributed by atoms with Crippen molar-refractivity contribution in [1.29, 1.82) is 0 Å². The van der Waals surface area contributed by atoms with Crippen molar-refractivity contribution in [1.82, 2.24) is 0 Å². The van der Waals surface area contributed by atoms with E-state index in [1.165, 1.54) is 31.2 Å². The van der Waals surface area contributed by atoms with Gasteiger partial charge in [0.25, 0.3) is 0 Å². The number of halogens is 2. The van der Waals surface area contributed by atoms with Gasteiger partial charge in [-0.25, -0.2) is 17.2 Å². The maximum absolute atomic E-state index is 13.1. The molecule has 0 saturated heterocycles. The summed E-state index contributed by atoms with van der Waals surface area (Å²) in [5.74, 6) is -1.89. The second-order valence-electron chi connectivity index (χ2n) is 4.52. The van der Waals surface area contributed by atoms with Gasteiger partial charge in [-0.1, -0.05) is 6.07 Å². The zero-order valence-corrected chi connectivity index (χ0v) is 11.9. The van der Waals surface area contributed by atoms with E-state index in [1.54, 1.807) is 0 Å². The Labute approximate surface area is 121 Å². The minimum atomic E-state index is -4.00. The van der Waals surface area contributed by atoms with E-state index in [0.717, 1.165) is 24.3 Å². The fourth-order valence-corrected chi connectivity index (χ4v) is 3.21. The largest absolute Gasteiger partial charge is 0.293 e.